The van der Waals surface area contributed by atoms with Crippen molar-refractivity contribution in [3.8, 4) is 29.1 Å². The number of hydrogen-bond acceptors (Lipinski definition) is 6. The molecule has 3 aromatic carbocycles. The normalized spacial score (nSPS) is 14.5. The quantitative estimate of drug-likeness (QED) is 0.0451. The molecule has 1 heterocycles. The summed E-state index contributed by atoms with van der Waals surface area (Å²) in [6.07, 6.45) is -8.19. The van der Waals surface area contributed by atoms with Crippen molar-refractivity contribution in [2.45, 2.75) is 63.2 Å². The second-order valence-corrected chi connectivity index (χ2v) is 12.1. The van der Waals surface area contributed by atoms with Crippen molar-refractivity contribution in [1.82, 2.24) is 0 Å². The van der Waals surface area contributed by atoms with E-state index in [-0.39, 0.29) is 22.3 Å². The van der Waals surface area contributed by atoms with E-state index >= 15 is 0 Å². The van der Waals surface area contributed by atoms with E-state index < -0.39 is 35.8 Å². The number of carbonyl (C=O) groups excluding carboxylic acids is 1. The lowest BCUT2D eigenvalue weighted by Gasteiger charge is -2.40. The summed E-state index contributed by atoms with van der Waals surface area (Å²) in [5.41, 5.74) is 1.04. The van der Waals surface area contributed by atoms with Crippen molar-refractivity contribution < 1.29 is 68.0 Å². The molecule has 0 atom stereocenters. The number of benzene rings is 3. The average molecular weight is 747 g/mol. The van der Waals surface area contributed by atoms with Gasteiger partial charge in [-0.15, -0.1) is 0 Å². The first kappa shape index (κ1) is 40.4. The third kappa shape index (κ3) is 10.1. The summed E-state index contributed by atoms with van der Waals surface area (Å²) in [6, 6.07) is 15.7. The van der Waals surface area contributed by atoms with Crippen LogP contribution < -0.4 is 14.2 Å². The maximum atomic E-state index is 13.7. The predicted molar refractivity (Wildman–Crippen MR) is 170 cm³/mol. The minimum absolute atomic E-state index is 0.132. The zero-order chi connectivity index (χ0) is 38.0. The molecule has 0 saturated carbocycles. The average Bonchev–Trinajstić information content (AvgIpc) is 3.08. The van der Waals surface area contributed by atoms with E-state index in [1.54, 1.807) is 24.3 Å². The molecule has 4 rings (SSSR count). The second-order valence-electron chi connectivity index (χ2n) is 12.1. The summed E-state index contributed by atoms with van der Waals surface area (Å²) in [5.74, 6) is -9.54. The van der Waals surface area contributed by atoms with Gasteiger partial charge in [0.15, 0.2) is 0 Å². The van der Waals surface area contributed by atoms with Crippen LogP contribution in [-0.4, -0.2) is 63.1 Å². The molecule has 0 spiro atoms. The summed E-state index contributed by atoms with van der Waals surface area (Å²) in [4.78, 5) is 12.6. The van der Waals surface area contributed by atoms with Crippen molar-refractivity contribution in [2.75, 3.05) is 33.0 Å². The van der Waals surface area contributed by atoms with Crippen LogP contribution in [0.4, 0.5) is 39.5 Å². The maximum Gasteiger partial charge on any atom is 0.471 e. The highest BCUT2D eigenvalue weighted by Crippen LogP contribution is 2.53. The highest BCUT2D eigenvalue weighted by atomic mass is 19.4. The van der Waals surface area contributed by atoms with E-state index in [1.165, 1.54) is 24.3 Å². The molecule has 52 heavy (non-hydrogen) atoms. The molecular formula is C37H35F9O6. The highest BCUT2D eigenvalue weighted by molar-refractivity contribution is 5.91. The Morgan fingerprint density at radius 3 is 1.71 bits per heavy atom. The van der Waals surface area contributed by atoms with Crippen LogP contribution in [0.2, 0.25) is 0 Å². The smallest absolute Gasteiger partial charge is 0.471 e. The van der Waals surface area contributed by atoms with Crippen molar-refractivity contribution in [3.63, 3.8) is 0 Å². The lowest BCUT2D eigenvalue weighted by atomic mass is 9.84. The zero-order valence-electron chi connectivity index (χ0n) is 27.9. The van der Waals surface area contributed by atoms with Gasteiger partial charge in [-0.1, -0.05) is 25.2 Å². The third-order valence-corrected chi connectivity index (χ3v) is 8.15. The fourth-order valence-electron chi connectivity index (χ4n) is 4.70. The Morgan fingerprint density at radius 1 is 0.692 bits per heavy atom. The first-order valence-corrected chi connectivity index (χ1v) is 16.2. The molecule has 0 aliphatic carbocycles. The molecule has 0 unspecified atom stereocenters. The van der Waals surface area contributed by atoms with Crippen LogP contribution in [0.15, 0.2) is 72.8 Å². The first-order valence-electron chi connectivity index (χ1n) is 16.2. The van der Waals surface area contributed by atoms with Crippen molar-refractivity contribution in [3.05, 3.63) is 89.5 Å². The summed E-state index contributed by atoms with van der Waals surface area (Å²) < 4.78 is 143. The predicted octanol–water partition coefficient (Wildman–Crippen LogP) is 9.49. The summed E-state index contributed by atoms with van der Waals surface area (Å²) in [7, 11) is 0. The Hall–Kier alpha value is -4.42. The van der Waals surface area contributed by atoms with Gasteiger partial charge in [0, 0.05) is 23.1 Å². The van der Waals surface area contributed by atoms with Gasteiger partial charge >= 0.3 is 30.1 Å². The number of hydrogen-bond donors (Lipinski definition) is 0. The summed E-state index contributed by atoms with van der Waals surface area (Å²) in [6.45, 7) is 5.72. The number of ether oxygens (including phenoxy) is 5. The van der Waals surface area contributed by atoms with Crippen LogP contribution in [0.3, 0.4) is 0 Å². The van der Waals surface area contributed by atoms with Gasteiger partial charge in [0.2, 0.25) is 0 Å². The zero-order valence-corrected chi connectivity index (χ0v) is 27.9. The van der Waals surface area contributed by atoms with Crippen LogP contribution >= 0.6 is 0 Å². The van der Waals surface area contributed by atoms with Gasteiger partial charge < -0.3 is 23.7 Å². The number of carbonyl (C=O) groups is 1. The number of halogens is 9. The Bertz CT molecular complexity index is 1650. The molecule has 282 valence electrons. The molecule has 1 aliphatic rings. The molecule has 0 N–H and O–H groups in total. The Morgan fingerprint density at radius 2 is 1.21 bits per heavy atom. The van der Waals surface area contributed by atoms with Crippen LogP contribution in [-0.2, 0) is 9.47 Å². The molecule has 0 aromatic heterocycles. The van der Waals surface area contributed by atoms with Crippen molar-refractivity contribution >= 4 is 5.97 Å². The fraction of sp³-hybridized carbons (Fsp3) is 0.432. The topological polar surface area (TPSA) is 63.2 Å². The summed E-state index contributed by atoms with van der Waals surface area (Å²) in [5, 5.41) is 0. The largest absolute Gasteiger partial charge is 0.494 e. The molecule has 6 nitrogen and oxygen atoms in total. The van der Waals surface area contributed by atoms with E-state index in [2.05, 4.69) is 23.5 Å². The standard InChI is InChI=1S/C37H35F9O6/c1-2-33(24-49-25-33)23-48-21-5-3-4-6-22-50-29-19-13-28(14-20-29)32(47)51-30-15-9-26(10-16-30)7-8-27-11-17-31(18-12-27)52-37(45,46)35(40,41)34(38,39)36(42,43)44/h9-20H,2-6,21-25H2,1H3. The minimum Gasteiger partial charge on any atom is -0.494 e. The molecule has 15 heteroatoms. The van der Waals surface area contributed by atoms with Crippen LogP contribution in [0.25, 0.3) is 0 Å². The van der Waals surface area contributed by atoms with E-state index in [1.807, 2.05) is 0 Å². The fourth-order valence-corrected chi connectivity index (χ4v) is 4.70. The summed E-state index contributed by atoms with van der Waals surface area (Å²) >= 11 is 0. The lowest BCUT2D eigenvalue weighted by molar-refractivity contribution is -0.428. The lowest BCUT2D eigenvalue weighted by Crippen LogP contribution is -2.62. The van der Waals surface area contributed by atoms with Gasteiger partial charge in [-0.05, 0) is 98.5 Å². The van der Waals surface area contributed by atoms with Crippen molar-refractivity contribution in [1.29, 1.82) is 0 Å². The Kier molecular flexibility index (Phi) is 13.1. The molecule has 1 fully saturated rings. The Balaban J connectivity index is 1.18. The van der Waals surface area contributed by atoms with Gasteiger partial charge in [0.05, 0.1) is 32.0 Å². The molecule has 0 radical (unpaired) electrons. The van der Waals surface area contributed by atoms with Gasteiger partial charge in [-0.25, -0.2) is 4.79 Å². The van der Waals surface area contributed by atoms with Crippen LogP contribution in [0.1, 0.15) is 60.5 Å². The number of rotatable bonds is 17. The van der Waals surface area contributed by atoms with Crippen LogP contribution in [0.5, 0.6) is 17.2 Å². The maximum absolute atomic E-state index is 13.7. The third-order valence-electron chi connectivity index (χ3n) is 8.15. The molecule has 0 amide bonds. The highest BCUT2D eigenvalue weighted by Gasteiger charge is 2.83. The van der Waals surface area contributed by atoms with Gasteiger partial charge in [-0.3, -0.25) is 0 Å². The monoisotopic (exact) mass is 746 g/mol. The van der Waals surface area contributed by atoms with Gasteiger partial charge in [0.1, 0.15) is 17.2 Å². The Labute approximate surface area is 294 Å². The van der Waals surface area contributed by atoms with Crippen molar-refractivity contribution in [2.24, 2.45) is 5.41 Å². The van der Waals surface area contributed by atoms with Gasteiger partial charge in [-0.2, -0.15) is 39.5 Å². The second kappa shape index (κ2) is 16.9. The molecule has 3 aromatic rings. The SMILES string of the molecule is CCC1(COCCCCCCOc2ccc(C(=O)Oc3ccc(C#Cc4ccc(OC(F)(F)C(F)(F)C(F)(F)C(F)(F)F)cc4)cc3)cc2)COC1. The van der Waals surface area contributed by atoms with Gasteiger partial charge in [0.25, 0.3) is 0 Å². The van der Waals surface area contributed by atoms with Crippen LogP contribution in [0, 0.1) is 17.3 Å². The number of unbranched alkanes of at least 4 members (excludes halogenated alkanes) is 3. The van der Waals surface area contributed by atoms with E-state index in [0.717, 1.165) is 70.7 Å². The molecule has 0 bridgehead atoms. The first-order chi connectivity index (χ1) is 24.5. The number of alkyl halides is 9. The van der Waals surface area contributed by atoms with E-state index in [4.69, 9.17) is 18.9 Å². The molecule has 1 saturated heterocycles. The van der Waals surface area contributed by atoms with E-state index in [0.29, 0.717) is 30.1 Å². The number of esters is 1. The molecular weight excluding hydrogens is 711 g/mol. The minimum atomic E-state index is -7.06. The molecule has 1 aliphatic heterocycles. The van der Waals surface area contributed by atoms with E-state index in [9.17, 15) is 44.3 Å².